The molecular weight excluding hydrogens is 488 g/mol. The maximum atomic E-state index is 13.6. The number of unbranched alkanes of at least 4 members (excludes halogenated alkanes) is 1. The van der Waals surface area contributed by atoms with Crippen LogP contribution in [0.2, 0.25) is 0 Å². The van der Waals surface area contributed by atoms with Gasteiger partial charge in [0.15, 0.2) is 0 Å². The van der Waals surface area contributed by atoms with Gasteiger partial charge in [-0.3, -0.25) is 19.5 Å². The third-order valence-electron chi connectivity index (χ3n) is 8.34. The van der Waals surface area contributed by atoms with Gasteiger partial charge < -0.3 is 19.7 Å². The van der Waals surface area contributed by atoms with E-state index in [1.54, 1.807) is 6.20 Å². The average molecular weight is 531 g/mol. The topological polar surface area (TPSA) is 73.7 Å². The number of pyridine rings is 1. The van der Waals surface area contributed by atoms with Crippen LogP contribution in [0.15, 0.2) is 55.0 Å². The van der Waals surface area contributed by atoms with E-state index in [4.69, 9.17) is 0 Å². The number of aromatic nitrogens is 2. The summed E-state index contributed by atoms with van der Waals surface area (Å²) in [5.41, 5.74) is 3.00. The molecule has 0 radical (unpaired) electrons. The summed E-state index contributed by atoms with van der Waals surface area (Å²) in [7, 11) is 2.19. The number of para-hydroxylation sites is 1. The van der Waals surface area contributed by atoms with Crippen molar-refractivity contribution in [1.29, 1.82) is 0 Å². The summed E-state index contributed by atoms with van der Waals surface area (Å²) < 4.78 is 2.21. The standard InChI is InChI=1S/C31H42N6O2/c1-34-19-21-35(22-20-34)26-12-17-36(18-13-26)31(39)28-24-37(29-9-3-2-8-27(28)29)16-5-4-15-33-30(38)11-10-25-7-6-14-32-23-25/h2-3,6-9,14,23-24,26H,4-5,10-13,15-22H2,1H3,(H,33,38). The van der Waals surface area contributed by atoms with E-state index in [0.29, 0.717) is 25.4 Å². The Kier molecular flexibility index (Phi) is 9.27. The molecule has 2 fully saturated rings. The fourth-order valence-electron chi connectivity index (χ4n) is 5.92. The number of piperidine rings is 1. The molecule has 3 aromatic rings. The minimum absolute atomic E-state index is 0.0783. The van der Waals surface area contributed by atoms with E-state index >= 15 is 0 Å². The maximum absolute atomic E-state index is 13.6. The smallest absolute Gasteiger partial charge is 0.256 e. The molecule has 0 bridgehead atoms. The van der Waals surface area contributed by atoms with E-state index in [-0.39, 0.29) is 11.8 Å². The lowest BCUT2D eigenvalue weighted by atomic mass is 10.0. The number of amides is 2. The highest BCUT2D eigenvalue weighted by Gasteiger charge is 2.30. The Morgan fingerprint density at radius 1 is 0.974 bits per heavy atom. The molecule has 8 heteroatoms. The molecule has 0 aliphatic carbocycles. The van der Waals surface area contributed by atoms with E-state index in [9.17, 15) is 9.59 Å². The van der Waals surface area contributed by atoms with E-state index < -0.39 is 0 Å². The average Bonchev–Trinajstić information content (AvgIpc) is 3.35. The van der Waals surface area contributed by atoms with Crippen LogP contribution in [0.25, 0.3) is 10.9 Å². The molecule has 1 N–H and O–H groups in total. The highest BCUT2D eigenvalue weighted by molar-refractivity contribution is 6.07. The number of rotatable bonds is 10. The molecule has 2 aliphatic heterocycles. The van der Waals surface area contributed by atoms with Crippen LogP contribution in [0.5, 0.6) is 0 Å². The summed E-state index contributed by atoms with van der Waals surface area (Å²) in [6.07, 6.45) is 10.7. The number of carbonyl (C=O) groups is 2. The number of nitrogens with zero attached hydrogens (tertiary/aromatic N) is 5. The number of piperazine rings is 1. The second-order valence-electron chi connectivity index (χ2n) is 11.0. The number of carbonyl (C=O) groups excluding carboxylic acids is 2. The lowest BCUT2D eigenvalue weighted by molar-refractivity contribution is -0.121. The zero-order chi connectivity index (χ0) is 27.0. The molecule has 4 heterocycles. The SMILES string of the molecule is CN1CCN(C2CCN(C(=O)c3cn(CCCCNC(=O)CCc4cccnc4)c4ccccc34)CC2)CC1. The van der Waals surface area contributed by atoms with Gasteiger partial charge in [-0.1, -0.05) is 24.3 Å². The Balaban J connectivity index is 1.10. The van der Waals surface area contributed by atoms with Crippen molar-refractivity contribution in [1.82, 2.24) is 29.6 Å². The second-order valence-corrected chi connectivity index (χ2v) is 11.0. The molecule has 8 nitrogen and oxygen atoms in total. The van der Waals surface area contributed by atoms with Crippen LogP contribution < -0.4 is 5.32 Å². The number of hydrogen-bond acceptors (Lipinski definition) is 5. The fourth-order valence-corrected chi connectivity index (χ4v) is 5.92. The lowest BCUT2D eigenvalue weighted by Gasteiger charge is -2.42. The van der Waals surface area contributed by atoms with Gasteiger partial charge in [0.2, 0.25) is 5.91 Å². The van der Waals surface area contributed by atoms with Crippen molar-refractivity contribution in [2.45, 2.75) is 51.1 Å². The van der Waals surface area contributed by atoms with Crippen LogP contribution in [-0.4, -0.2) is 95.0 Å². The van der Waals surface area contributed by atoms with E-state index in [1.807, 2.05) is 36.7 Å². The zero-order valence-corrected chi connectivity index (χ0v) is 23.2. The Bertz CT molecular complexity index is 1230. The minimum atomic E-state index is 0.0783. The summed E-state index contributed by atoms with van der Waals surface area (Å²) in [5, 5.41) is 4.07. The summed E-state index contributed by atoms with van der Waals surface area (Å²) in [5.74, 6) is 0.234. The molecule has 2 aliphatic rings. The van der Waals surface area contributed by atoms with Crippen molar-refractivity contribution < 1.29 is 9.59 Å². The first kappa shape index (κ1) is 27.3. The molecule has 0 atom stereocenters. The number of benzene rings is 1. The van der Waals surface area contributed by atoms with E-state index in [0.717, 1.165) is 93.5 Å². The summed E-state index contributed by atoms with van der Waals surface area (Å²) in [6.45, 7) is 7.69. The molecule has 39 heavy (non-hydrogen) atoms. The summed E-state index contributed by atoms with van der Waals surface area (Å²) in [6, 6.07) is 12.7. The Labute approximate surface area is 232 Å². The molecule has 2 saturated heterocycles. The van der Waals surface area contributed by atoms with Crippen molar-refractivity contribution >= 4 is 22.7 Å². The normalized spacial score (nSPS) is 17.5. The number of aryl methyl sites for hydroxylation is 2. The first-order valence-electron chi connectivity index (χ1n) is 14.5. The predicted octanol–water partition coefficient (Wildman–Crippen LogP) is 3.42. The van der Waals surface area contributed by atoms with E-state index in [2.05, 4.69) is 48.7 Å². The van der Waals surface area contributed by atoms with Gasteiger partial charge in [-0.2, -0.15) is 0 Å². The first-order valence-corrected chi connectivity index (χ1v) is 14.5. The van der Waals surface area contributed by atoms with Crippen LogP contribution in [0.1, 0.15) is 48.0 Å². The number of likely N-dealkylation sites (tertiary alicyclic amines) is 1. The molecule has 208 valence electrons. The van der Waals surface area contributed by atoms with Gasteiger partial charge in [0, 0.05) is 94.3 Å². The second kappa shape index (κ2) is 13.2. The Hall–Kier alpha value is -3.23. The Morgan fingerprint density at radius 2 is 1.77 bits per heavy atom. The van der Waals surface area contributed by atoms with Crippen molar-refractivity contribution in [3.05, 3.63) is 66.1 Å². The van der Waals surface area contributed by atoms with Crippen molar-refractivity contribution in [2.24, 2.45) is 0 Å². The molecule has 2 amide bonds. The molecule has 1 aromatic carbocycles. The van der Waals surface area contributed by atoms with Gasteiger partial charge in [-0.25, -0.2) is 0 Å². The first-order chi connectivity index (χ1) is 19.1. The monoisotopic (exact) mass is 530 g/mol. The highest BCUT2D eigenvalue weighted by Crippen LogP contribution is 2.26. The van der Waals surface area contributed by atoms with E-state index in [1.165, 1.54) is 0 Å². The predicted molar refractivity (Wildman–Crippen MR) is 155 cm³/mol. The third kappa shape index (κ3) is 7.05. The van der Waals surface area contributed by atoms with Crippen molar-refractivity contribution in [3.8, 4) is 0 Å². The number of fused-ring (bicyclic) bond motifs is 1. The van der Waals surface area contributed by atoms with Crippen LogP contribution in [0.4, 0.5) is 0 Å². The van der Waals surface area contributed by atoms with Gasteiger partial charge in [-0.05, 0) is 56.8 Å². The van der Waals surface area contributed by atoms with Gasteiger partial charge in [0.05, 0.1) is 5.56 Å². The molecule has 2 aromatic heterocycles. The summed E-state index contributed by atoms with van der Waals surface area (Å²) in [4.78, 5) is 37.0. The number of likely N-dealkylation sites (N-methyl/N-ethyl adjacent to an activating group) is 1. The molecule has 5 rings (SSSR count). The number of nitrogens with one attached hydrogen (secondary N) is 1. The largest absolute Gasteiger partial charge is 0.356 e. The van der Waals surface area contributed by atoms with Gasteiger partial charge in [0.25, 0.3) is 5.91 Å². The summed E-state index contributed by atoms with van der Waals surface area (Å²) >= 11 is 0. The van der Waals surface area contributed by atoms with Crippen LogP contribution in [0.3, 0.4) is 0 Å². The molecule has 0 unspecified atom stereocenters. The van der Waals surface area contributed by atoms with Crippen LogP contribution >= 0.6 is 0 Å². The highest BCUT2D eigenvalue weighted by atomic mass is 16.2. The van der Waals surface area contributed by atoms with Gasteiger partial charge in [-0.15, -0.1) is 0 Å². The van der Waals surface area contributed by atoms with Crippen molar-refractivity contribution in [2.75, 3.05) is 52.9 Å². The van der Waals surface area contributed by atoms with Crippen molar-refractivity contribution in [3.63, 3.8) is 0 Å². The third-order valence-corrected chi connectivity index (χ3v) is 8.34. The lowest BCUT2D eigenvalue weighted by Crippen LogP contribution is -2.52. The van der Waals surface area contributed by atoms with Gasteiger partial charge in [0.1, 0.15) is 0 Å². The van der Waals surface area contributed by atoms with Crippen LogP contribution in [0, 0.1) is 0 Å². The van der Waals surface area contributed by atoms with Gasteiger partial charge >= 0.3 is 0 Å². The maximum Gasteiger partial charge on any atom is 0.256 e. The Morgan fingerprint density at radius 3 is 2.54 bits per heavy atom. The fraction of sp³-hybridized carbons (Fsp3) is 0.516. The molecule has 0 saturated carbocycles. The number of hydrogen-bond donors (Lipinski definition) is 1. The van der Waals surface area contributed by atoms with Crippen LogP contribution in [-0.2, 0) is 17.8 Å². The minimum Gasteiger partial charge on any atom is -0.356 e. The quantitative estimate of drug-likeness (QED) is 0.407. The molecular formula is C31H42N6O2. The molecule has 0 spiro atoms. The zero-order valence-electron chi connectivity index (χ0n) is 23.2.